The topological polar surface area (TPSA) is 66.5 Å². The van der Waals surface area contributed by atoms with Gasteiger partial charge < -0.3 is 4.90 Å². The van der Waals surface area contributed by atoms with Crippen molar-refractivity contribution in [2.75, 3.05) is 6.54 Å². The average Bonchev–Trinajstić information content (AvgIpc) is 2.64. The Morgan fingerprint density at radius 3 is 2.32 bits per heavy atom. The summed E-state index contributed by atoms with van der Waals surface area (Å²) in [4.78, 5) is 14.7. The number of fused-ring (bicyclic) bond motifs is 1. The Morgan fingerprint density at radius 1 is 1.04 bits per heavy atom. The van der Waals surface area contributed by atoms with Crippen LogP contribution >= 0.6 is 0 Å². The molecule has 0 fully saturated rings. The first-order chi connectivity index (χ1) is 13.1. The zero-order valence-corrected chi connectivity index (χ0v) is 17.6. The van der Waals surface area contributed by atoms with E-state index in [0.29, 0.717) is 19.4 Å². The van der Waals surface area contributed by atoms with Gasteiger partial charge in [-0.2, -0.15) is 0 Å². The summed E-state index contributed by atoms with van der Waals surface area (Å²) in [6.45, 7) is 6.85. The minimum absolute atomic E-state index is 0.139. The molecule has 3 rings (SSSR count). The molecule has 0 saturated carbocycles. The number of amides is 1. The van der Waals surface area contributed by atoms with Crippen LogP contribution in [0, 0.1) is 0 Å². The fourth-order valence-corrected chi connectivity index (χ4v) is 4.83. The Hall–Kier alpha value is -2.18. The van der Waals surface area contributed by atoms with Gasteiger partial charge in [-0.05, 0) is 62.4 Å². The van der Waals surface area contributed by atoms with Crippen LogP contribution in [0.15, 0.2) is 53.4 Å². The number of rotatable bonds is 5. The Balaban J connectivity index is 1.57. The van der Waals surface area contributed by atoms with Crippen LogP contribution in [0.4, 0.5) is 0 Å². The molecule has 0 aromatic heterocycles. The molecule has 2 aromatic carbocycles. The molecule has 1 amide bonds. The Kier molecular flexibility index (Phi) is 5.91. The van der Waals surface area contributed by atoms with Gasteiger partial charge >= 0.3 is 0 Å². The van der Waals surface area contributed by atoms with Crippen LogP contribution in [0.25, 0.3) is 0 Å². The van der Waals surface area contributed by atoms with Gasteiger partial charge in [-0.25, -0.2) is 13.1 Å². The molecule has 0 saturated heterocycles. The van der Waals surface area contributed by atoms with Crippen LogP contribution in [0.5, 0.6) is 0 Å². The van der Waals surface area contributed by atoms with Gasteiger partial charge in [-0.3, -0.25) is 4.79 Å². The van der Waals surface area contributed by atoms with E-state index >= 15 is 0 Å². The van der Waals surface area contributed by atoms with Crippen molar-refractivity contribution in [1.82, 2.24) is 9.62 Å². The molecule has 150 valence electrons. The first-order valence-corrected chi connectivity index (χ1v) is 11.1. The van der Waals surface area contributed by atoms with E-state index in [1.165, 1.54) is 11.1 Å². The molecule has 6 heteroatoms. The Morgan fingerprint density at radius 2 is 1.68 bits per heavy atom. The average molecular weight is 401 g/mol. The third kappa shape index (κ3) is 5.20. The lowest BCUT2D eigenvalue weighted by Crippen LogP contribution is -2.40. The molecule has 5 nitrogen and oxygen atoms in total. The number of carbonyl (C=O) groups is 1. The van der Waals surface area contributed by atoms with Gasteiger partial charge in [0.05, 0.1) is 4.90 Å². The van der Waals surface area contributed by atoms with Crippen molar-refractivity contribution in [3.63, 3.8) is 0 Å². The van der Waals surface area contributed by atoms with Crippen LogP contribution in [-0.4, -0.2) is 31.3 Å². The quantitative estimate of drug-likeness (QED) is 0.838. The van der Waals surface area contributed by atoms with Crippen molar-refractivity contribution < 1.29 is 13.2 Å². The van der Waals surface area contributed by atoms with E-state index in [2.05, 4.69) is 16.9 Å². The zero-order chi connectivity index (χ0) is 20.4. The summed E-state index contributed by atoms with van der Waals surface area (Å²) in [5, 5.41) is 0. The predicted molar refractivity (Wildman–Crippen MR) is 110 cm³/mol. The van der Waals surface area contributed by atoms with Gasteiger partial charge in [-0.15, -0.1) is 0 Å². The maximum atomic E-state index is 12.6. The summed E-state index contributed by atoms with van der Waals surface area (Å²) in [5.41, 5.74) is 2.98. The molecule has 0 unspecified atom stereocenters. The number of nitrogens with zero attached hydrogens (tertiary/aromatic N) is 1. The van der Waals surface area contributed by atoms with Crippen LogP contribution in [0.3, 0.4) is 0 Å². The zero-order valence-electron chi connectivity index (χ0n) is 16.7. The lowest BCUT2D eigenvalue weighted by Gasteiger charge is -2.29. The smallest absolute Gasteiger partial charge is 0.241 e. The highest BCUT2D eigenvalue weighted by Crippen LogP contribution is 2.20. The maximum Gasteiger partial charge on any atom is 0.241 e. The molecular formula is C22H28N2O3S. The van der Waals surface area contributed by atoms with Crippen LogP contribution in [0.2, 0.25) is 0 Å². The standard InChI is InChI=1S/C22H28N2O3S/c1-22(2,3)23-28(26,27)20-11-8-17(9-12-20)10-13-21(25)24-15-14-18-6-4-5-7-19(18)16-24/h4-9,11-12,23H,10,13-16H2,1-3H3. The minimum Gasteiger partial charge on any atom is -0.338 e. The molecule has 0 radical (unpaired) electrons. The van der Waals surface area contributed by atoms with Gasteiger partial charge in [0.2, 0.25) is 15.9 Å². The molecule has 1 aliphatic heterocycles. The first kappa shape index (κ1) is 20.6. The second-order valence-electron chi connectivity index (χ2n) is 8.33. The van der Waals surface area contributed by atoms with Gasteiger partial charge in [0.25, 0.3) is 0 Å². The number of hydrogen-bond acceptors (Lipinski definition) is 3. The number of aryl methyl sites for hydroxylation is 1. The number of carbonyl (C=O) groups excluding carboxylic acids is 1. The normalized spacial score (nSPS) is 14.6. The van der Waals surface area contributed by atoms with E-state index in [4.69, 9.17) is 0 Å². The van der Waals surface area contributed by atoms with Gasteiger partial charge in [0.15, 0.2) is 0 Å². The van der Waals surface area contributed by atoms with Crippen molar-refractivity contribution in [2.24, 2.45) is 0 Å². The molecule has 1 N–H and O–H groups in total. The van der Waals surface area contributed by atoms with E-state index in [1.54, 1.807) is 24.3 Å². The van der Waals surface area contributed by atoms with Gasteiger partial charge in [0, 0.05) is 25.0 Å². The van der Waals surface area contributed by atoms with E-state index in [0.717, 1.165) is 18.5 Å². The van der Waals surface area contributed by atoms with Gasteiger partial charge in [-0.1, -0.05) is 36.4 Å². The summed E-state index contributed by atoms with van der Waals surface area (Å²) in [6.07, 6.45) is 1.92. The second-order valence-corrected chi connectivity index (χ2v) is 10.0. The highest BCUT2D eigenvalue weighted by atomic mass is 32.2. The summed E-state index contributed by atoms with van der Waals surface area (Å²) in [6, 6.07) is 15.0. The highest BCUT2D eigenvalue weighted by molar-refractivity contribution is 7.89. The Bertz CT molecular complexity index is 944. The molecular weight excluding hydrogens is 372 g/mol. The van der Waals surface area contributed by atoms with E-state index in [1.807, 2.05) is 37.8 Å². The van der Waals surface area contributed by atoms with Crippen molar-refractivity contribution in [1.29, 1.82) is 0 Å². The van der Waals surface area contributed by atoms with Crippen molar-refractivity contribution in [3.05, 3.63) is 65.2 Å². The summed E-state index contributed by atoms with van der Waals surface area (Å²) in [5.74, 6) is 0.139. The fourth-order valence-electron chi connectivity index (χ4n) is 3.42. The van der Waals surface area contributed by atoms with Crippen molar-refractivity contribution >= 4 is 15.9 Å². The number of nitrogens with one attached hydrogen (secondary N) is 1. The molecule has 1 aliphatic rings. The number of benzene rings is 2. The van der Waals surface area contributed by atoms with Crippen LogP contribution in [-0.2, 0) is 34.2 Å². The largest absolute Gasteiger partial charge is 0.338 e. The van der Waals surface area contributed by atoms with Crippen molar-refractivity contribution in [2.45, 2.75) is 57.0 Å². The molecule has 0 atom stereocenters. The molecule has 0 spiro atoms. The third-order valence-corrected chi connectivity index (χ3v) is 6.56. The summed E-state index contributed by atoms with van der Waals surface area (Å²) >= 11 is 0. The lowest BCUT2D eigenvalue weighted by molar-refractivity contribution is -0.132. The lowest BCUT2D eigenvalue weighted by atomic mass is 9.99. The predicted octanol–water partition coefficient (Wildman–Crippen LogP) is 3.28. The molecule has 1 heterocycles. The number of sulfonamides is 1. The van der Waals surface area contributed by atoms with E-state index in [9.17, 15) is 13.2 Å². The maximum absolute atomic E-state index is 12.6. The molecule has 2 aromatic rings. The second kappa shape index (κ2) is 8.05. The first-order valence-electron chi connectivity index (χ1n) is 9.61. The Labute approximate surface area is 167 Å². The summed E-state index contributed by atoms with van der Waals surface area (Å²) < 4.78 is 27.4. The highest BCUT2D eigenvalue weighted by Gasteiger charge is 2.22. The van der Waals surface area contributed by atoms with Crippen LogP contribution in [0.1, 0.15) is 43.9 Å². The van der Waals surface area contributed by atoms with Gasteiger partial charge in [0.1, 0.15) is 0 Å². The van der Waals surface area contributed by atoms with E-state index in [-0.39, 0.29) is 10.8 Å². The molecule has 28 heavy (non-hydrogen) atoms. The SMILES string of the molecule is CC(C)(C)NS(=O)(=O)c1ccc(CCC(=O)N2CCc3ccccc3C2)cc1. The fraction of sp³-hybridized carbons (Fsp3) is 0.409. The van der Waals surface area contributed by atoms with E-state index < -0.39 is 15.6 Å². The summed E-state index contributed by atoms with van der Waals surface area (Å²) in [7, 11) is -3.54. The third-order valence-electron chi connectivity index (χ3n) is 4.79. The number of hydrogen-bond donors (Lipinski definition) is 1. The molecule has 0 bridgehead atoms. The monoisotopic (exact) mass is 400 g/mol. The minimum atomic E-state index is -3.54. The van der Waals surface area contributed by atoms with Crippen LogP contribution < -0.4 is 4.72 Å². The van der Waals surface area contributed by atoms with Crippen molar-refractivity contribution in [3.8, 4) is 0 Å². The molecule has 0 aliphatic carbocycles.